The van der Waals surface area contributed by atoms with Crippen LogP contribution in [0.3, 0.4) is 0 Å². The van der Waals surface area contributed by atoms with E-state index in [2.05, 4.69) is 216 Å². The van der Waals surface area contributed by atoms with Gasteiger partial charge in [0, 0.05) is 33.4 Å². The monoisotopic (exact) mass is 710 g/mol. The van der Waals surface area contributed by atoms with Crippen LogP contribution in [0.25, 0.3) is 93.2 Å². The van der Waals surface area contributed by atoms with Gasteiger partial charge < -0.3 is 9.47 Å². The molecule has 0 saturated carbocycles. The Labute approximate surface area is 324 Å². The number of hydrogen-bond acceptors (Lipinski definition) is 1. The zero-order chi connectivity index (χ0) is 36.7. The molecule has 1 heterocycles. The van der Waals surface area contributed by atoms with E-state index in [0.29, 0.717) is 0 Å². The largest absolute Gasteiger partial charge is 0.310 e. The molecule has 0 radical (unpaired) electrons. The van der Waals surface area contributed by atoms with Crippen LogP contribution in [-0.4, -0.2) is 4.57 Å². The van der Waals surface area contributed by atoms with Crippen LogP contribution >= 0.6 is 0 Å². The van der Waals surface area contributed by atoms with Crippen LogP contribution in [-0.2, 0) is 0 Å². The second-order valence-corrected chi connectivity index (χ2v) is 14.9. The highest BCUT2D eigenvalue weighted by molar-refractivity contribution is 6.24. The molecule has 10 aromatic carbocycles. The molecule has 0 aliphatic heterocycles. The minimum Gasteiger partial charge on any atom is -0.310 e. The highest BCUT2D eigenvalue weighted by Gasteiger charge is 2.26. The fraction of sp³-hybridized carbons (Fsp3) is 0. The fourth-order valence-corrected chi connectivity index (χ4v) is 9.39. The summed E-state index contributed by atoms with van der Waals surface area (Å²) in [4.78, 5) is 2.45. The summed E-state index contributed by atoms with van der Waals surface area (Å²) in [6.07, 6.45) is 0. The summed E-state index contributed by atoms with van der Waals surface area (Å²) in [5.74, 6) is 0. The lowest BCUT2D eigenvalue weighted by molar-refractivity contribution is 1.18. The second kappa shape index (κ2) is 12.0. The van der Waals surface area contributed by atoms with Gasteiger partial charge in [-0.05, 0) is 121 Å². The summed E-state index contributed by atoms with van der Waals surface area (Å²) in [5, 5.41) is 10.1. The summed E-state index contributed by atoms with van der Waals surface area (Å²) >= 11 is 0. The van der Waals surface area contributed by atoms with Crippen molar-refractivity contribution in [2.75, 3.05) is 4.90 Å². The Hall–Kier alpha value is -7.42. The van der Waals surface area contributed by atoms with Gasteiger partial charge in [0.05, 0.1) is 16.7 Å². The molecule has 0 N–H and O–H groups in total. The van der Waals surface area contributed by atoms with Crippen molar-refractivity contribution in [3.05, 3.63) is 206 Å². The molecule has 260 valence electrons. The Morgan fingerprint density at radius 1 is 0.321 bits per heavy atom. The summed E-state index contributed by atoms with van der Waals surface area (Å²) in [6.45, 7) is 0. The number of benzene rings is 10. The Morgan fingerprint density at radius 3 is 1.88 bits per heavy atom. The van der Waals surface area contributed by atoms with E-state index in [1.165, 1.54) is 93.2 Å². The lowest BCUT2D eigenvalue weighted by Crippen LogP contribution is -2.10. The van der Waals surface area contributed by atoms with Crippen LogP contribution in [0.5, 0.6) is 0 Å². The average Bonchev–Trinajstić information content (AvgIpc) is 3.77. The number of nitrogens with zero attached hydrogens (tertiary/aromatic N) is 2. The molecule has 1 aliphatic carbocycles. The summed E-state index contributed by atoms with van der Waals surface area (Å²) in [5.41, 5.74) is 14.5. The van der Waals surface area contributed by atoms with E-state index in [9.17, 15) is 0 Å². The van der Waals surface area contributed by atoms with Crippen LogP contribution in [0, 0.1) is 0 Å². The highest BCUT2D eigenvalue weighted by atomic mass is 15.1. The van der Waals surface area contributed by atoms with Crippen molar-refractivity contribution in [1.29, 1.82) is 0 Å². The third-order valence-electron chi connectivity index (χ3n) is 11.8. The van der Waals surface area contributed by atoms with E-state index in [4.69, 9.17) is 0 Å². The number of para-hydroxylation sites is 2. The first kappa shape index (κ1) is 31.0. The van der Waals surface area contributed by atoms with Crippen molar-refractivity contribution in [3.63, 3.8) is 0 Å². The van der Waals surface area contributed by atoms with Crippen LogP contribution in [0.4, 0.5) is 17.1 Å². The third kappa shape index (κ3) is 4.57. The number of fused-ring (bicyclic) bond motifs is 9. The van der Waals surface area contributed by atoms with Gasteiger partial charge in [-0.15, -0.1) is 0 Å². The van der Waals surface area contributed by atoms with Crippen molar-refractivity contribution in [1.82, 2.24) is 4.57 Å². The molecule has 1 aromatic heterocycles. The van der Waals surface area contributed by atoms with E-state index < -0.39 is 0 Å². The van der Waals surface area contributed by atoms with Crippen molar-refractivity contribution in [2.24, 2.45) is 0 Å². The zero-order valence-corrected chi connectivity index (χ0v) is 30.5. The van der Waals surface area contributed by atoms with Gasteiger partial charge in [-0.3, -0.25) is 0 Å². The molecule has 0 bridgehead atoms. The van der Waals surface area contributed by atoms with Gasteiger partial charge in [-0.2, -0.15) is 0 Å². The molecule has 11 aromatic rings. The van der Waals surface area contributed by atoms with Gasteiger partial charge >= 0.3 is 0 Å². The molecule has 1 aliphatic rings. The lowest BCUT2D eigenvalue weighted by atomic mass is 9.95. The van der Waals surface area contributed by atoms with E-state index >= 15 is 0 Å². The number of hydrogen-bond donors (Lipinski definition) is 0. The lowest BCUT2D eigenvalue weighted by Gasteiger charge is -2.27. The van der Waals surface area contributed by atoms with E-state index in [0.717, 1.165) is 17.1 Å². The van der Waals surface area contributed by atoms with Gasteiger partial charge in [0.15, 0.2) is 0 Å². The summed E-state index contributed by atoms with van der Waals surface area (Å²) < 4.78 is 2.44. The molecule has 2 nitrogen and oxygen atoms in total. The molecule has 0 atom stereocenters. The van der Waals surface area contributed by atoms with Crippen LogP contribution < -0.4 is 4.90 Å². The Bertz CT molecular complexity index is 3370. The molecule has 0 saturated heterocycles. The van der Waals surface area contributed by atoms with E-state index in [1.807, 2.05) is 0 Å². The summed E-state index contributed by atoms with van der Waals surface area (Å²) in [6, 6.07) is 75.8. The molecule has 12 rings (SSSR count). The van der Waals surface area contributed by atoms with Crippen molar-refractivity contribution in [3.8, 4) is 39.1 Å². The van der Waals surface area contributed by atoms with Crippen LogP contribution in [0.1, 0.15) is 0 Å². The van der Waals surface area contributed by atoms with Gasteiger partial charge in [0.1, 0.15) is 0 Å². The van der Waals surface area contributed by atoms with E-state index in [-0.39, 0.29) is 0 Å². The average molecular weight is 711 g/mol. The first-order valence-electron chi connectivity index (χ1n) is 19.3. The third-order valence-corrected chi connectivity index (χ3v) is 11.8. The Balaban J connectivity index is 1.10. The molecule has 2 heteroatoms. The smallest absolute Gasteiger partial charge is 0.0542 e. The number of aromatic nitrogens is 1. The van der Waals surface area contributed by atoms with Crippen molar-refractivity contribution >= 4 is 71.2 Å². The topological polar surface area (TPSA) is 8.17 Å². The molecule has 0 amide bonds. The second-order valence-electron chi connectivity index (χ2n) is 14.9. The first-order valence-corrected chi connectivity index (χ1v) is 19.3. The standard InChI is InChI=1S/C54H34N2/c1-2-14-36(15-3-1)43-19-8-10-23-50(43)56-51-24-11-9-21-46(51)48-33-42(28-30-52(48)56)55(40-26-25-35-13-4-5-16-37(35)32-40)41-27-29-45-47-22-12-18-39-31-38-17-6-7-20-44(38)54(53(39)47)49(45)34-41/h1-34H. The zero-order valence-electron chi connectivity index (χ0n) is 30.5. The predicted molar refractivity (Wildman–Crippen MR) is 238 cm³/mol. The Kier molecular flexibility index (Phi) is 6.66. The molecule has 0 fully saturated rings. The molecular weight excluding hydrogens is 677 g/mol. The Morgan fingerprint density at radius 2 is 0.964 bits per heavy atom. The highest BCUT2D eigenvalue weighted by Crippen LogP contribution is 2.52. The normalized spacial score (nSPS) is 11.9. The number of rotatable bonds is 5. The van der Waals surface area contributed by atoms with Gasteiger partial charge in [-0.1, -0.05) is 146 Å². The molecular formula is C54H34N2. The van der Waals surface area contributed by atoms with Gasteiger partial charge in [0.2, 0.25) is 0 Å². The number of anilines is 3. The predicted octanol–water partition coefficient (Wildman–Crippen LogP) is 15.0. The molecule has 56 heavy (non-hydrogen) atoms. The van der Waals surface area contributed by atoms with Crippen LogP contribution in [0.15, 0.2) is 206 Å². The quantitative estimate of drug-likeness (QED) is 0.161. The van der Waals surface area contributed by atoms with E-state index in [1.54, 1.807) is 0 Å². The molecule has 0 unspecified atom stereocenters. The minimum atomic E-state index is 1.12. The maximum Gasteiger partial charge on any atom is 0.0542 e. The first-order chi connectivity index (χ1) is 27.8. The van der Waals surface area contributed by atoms with Crippen LogP contribution in [0.2, 0.25) is 0 Å². The van der Waals surface area contributed by atoms with Gasteiger partial charge in [-0.25, -0.2) is 0 Å². The van der Waals surface area contributed by atoms with Gasteiger partial charge in [0.25, 0.3) is 0 Å². The molecule has 0 spiro atoms. The van der Waals surface area contributed by atoms with Crippen molar-refractivity contribution < 1.29 is 0 Å². The summed E-state index contributed by atoms with van der Waals surface area (Å²) in [7, 11) is 0. The van der Waals surface area contributed by atoms with Crippen molar-refractivity contribution in [2.45, 2.75) is 0 Å². The SMILES string of the molecule is c1ccc(-c2ccccc2-n2c3ccccc3c3cc(N(c4ccc5c(c4)-c4c6ccccc6cc6cccc-5c46)c4ccc5ccccc5c4)ccc32)cc1. The maximum absolute atomic E-state index is 2.45. The minimum absolute atomic E-state index is 1.12. The fourth-order valence-electron chi connectivity index (χ4n) is 9.39. The maximum atomic E-state index is 2.45.